The molecule has 0 saturated carbocycles. The molecule has 0 aliphatic rings. The molecule has 6 heteroatoms. The van der Waals surface area contributed by atoms with Gasteiger partial charge in [0.15, 0.2) is 6.04 Å². The summed E-state index contributed by atoms with van der Waals surface area (Å²) >= 11 is 7.12. The zero-order valence-corrected chi connectivity index (χ0v) is 12.4. The summed E-state index contributed by atoms with van der Waals surface area (Å²) in [6.07, 6.45) is 2.89. The summed E-state index contributed by atoms with van der Waals surface area (Å²) in [4.78, 5) is 23.9. The molecular weight excluding hydrogens is 310 g/mol. The summed E-state index contributed by atoms with van der Waals surface area (Å²) in [6.45, 7) is 0. The Hall–Kier alpha value is -2.11. The van der Waals surface area contributed by atoms with Gasteiger partial charge in [-0.25, -0.2) is 4.79 Å². The number of benzene rings is 1. The lowest BCUT2D eigenvalue weighted by Gasteiger charge is -2.13. The lowest BCUT2D eigenvalue weighted by molar-refractivity contribution is -0.141. The van der Waals surface area contributed by atoms with Gasteiger partial charge >= 0.3 is 5.97 Å². The Morgan fingerprint density at radius 1 is 1.19 bits per heavy atom. The molecule has 2 rings (SSSR count). The first-order valence-electron chi connectivity index (χ1n) is 6.08. The number of aliphatic carboxylic acids is 1. The molecule has 0 unspecified atom stereocenters. The number of hydrogen-bond acceptors (Lipinski definition) is 3. The Labute approximate surface area is 130 Å². The quantitative estimate of drug-likeness (QED) is 0.830. The maximum atomic E-state index is 11.8. The van der Waals surface area contributed by atoms with Crippen molar-refractivity contribution < 1.29 is 14.7 Å². The van der Waals surface area contributed by atoms with Crippen LogP contribution in [0.25, 0.3) is 6.08 Å². The lowest BCUT2D eigenvalue weighted by atomic mass is 10.1. The lowest BCUT2D eigenvalue weighted by Crippen LogP contribution is -2.32. The van der Waals surface area contributed by atoms with Crippen molar-refractivity contribution in [2.45, 2.75) is 6.04 Å². The summed E-state index contributed by atoms with van der Waals surface area (Å²) in [7, 11) is 0. The van der Waals surface area contributed by atoms with E-state index in [4.69, 9.17) is 11.6 Å². The zero-order valence-electron chi connectivity index (χ0n) is 10.8. The van der Waals surface area contributed by atoms with E-state index in [0.29, 0.717) is 9.90 Å². The highest BCUT2D eigenvalue weighted by atomic mass is 35.5. The molecule has 1 aromatic heterocycles. The van der Waals surface area contributed by atoms with Gasteiger partial charge in [-0.2, -0.15) is 0 Å². The molecule has 21 heavy (non-hydrogen) atoms. The summed E-state index contributed by atoms with van der Waals surface area (Å²) in [5.74, 6) is -1.59. The van der Waals surface area contributed by atoms with Gasteiger partial charge in [0.25, 0.3) is 0 Å². The van der Waals surface area contributed by atoms with Crippen molar-refractivity contribution >= 4 is 40.9 Å². The number of thiophene rings is 1. The summed E-state index contributed by atoms with van der Waals surface area (Å²) < 4.78 is 0.628. The van der Waals surface area contributed by atoms with Gasteiger partial charge in [0.05, 0.1) is 4.34 Å². The second kappa shape index (κ2) is 7.06. The van der Waals surface area contributed by atoms with E-state index < -0.39 is 17.9 Å². The number of hydrogen-bond donors (Lipinski definition) is 2. The normalized spacial score (nSPS) is 12.2. The van der Waals surface area contributed by atoms with E-state index in [1.165, 1.54) is 17.4 Å². The Bertz CT molecular complexity index is 667. The predicted molar refractivity (Wildman–Crippen MR) is 83.3 cm³/mol. The van der Waals surface area contributed by atoms with Gasteiger partial charge in [0, 0.05) is 11.0 Å². The van der Waals surface area contributed by atoms with Gasteiger partial charge in [-0.3, -0.25) is 4.79 Å². The fourth-order valence-electron chi connectivity index (χ4n) is 1.70. The maximum Gasteiger partial charge on any atom is 0.330 e. The van der Waals surface area contributed by atoms with E-state index in [1.807, 2.05) is 0 Å². The molecule has 0 aliphatic carbocycles. The molecule has 108 valence electrons. The molecule has 4 nitrogen and oxygen atoms in total. The van der Waals surface area contributed by atoms with Gasteiger partial charge in [0.2, 0.25) is 5.91 Å². The van der Waals surface area contributed by atoms with Crippen LogP contribution >= 0.6 is 22.9 Å². The van der Waals surface area contributed by atoms with E-state index in [-0.39, 0.29) is 0 Å². The van der Waals surface area contributed by atoms with Crippen LogP contribution < -0.4 is 5.32 Å². The molecule has 0 fully saturated rings. The molecule has 2 N–H and O–H groups in total. The minimum absolute atomic E-state index is 0.476. The average Bonchev–Trinajstić information content (AvgIpc) is 2.89. The van der Waals surface area contributed by atoms with Crippen LogP contribution in [0.4, 0.5) is 0 Å². The molecule has 0 aliphatic heterocycles. The number of rotatable bonds is 5. The number of nitrogens with one attached hydrogen (secondary N) is 1. The maximum absolute atomic E-state index is 11.8. The van der Waals surface area contributed by atoms with E-state index in [0.717, 1.165) is 4.88 Å². The predicted octanol–water partition coefficient (Wildman–Crippen LogP) is 3.36. The number of halogens is 1. The van der Waals surface area contributed by atoms with Crippen LogP contribution in [0.3, 0.4) is 0 Å². The molecule has 0 bridgehead atoms. The van der Waals surface area contributed by atoms with Gasteiger partial charge in [-0.1, -0.05) is 41.9 Å². The molecule has 1 heterocycles. The number of carboxylic acid groups (broad SMARTS) is 1. The number of carboxylic acids is 1. The van der Waals surface area contributed by atoms with Crippen molar-refractivity contribution in [1.29, 1.82) is 0 Å². The highest BCUT2D eigenvalue weighted by Gasteiger charge is 2.20. The monoisotopic (exact) mass is 321 g/mol. The standard InChI is InChI=1S/C15H12ClNO3S/c16-12-8-6-11(21-12)7-9-13(18)17-14(15(19)20)10-4-2-1-3-5-10/h1-9,14H,(H,17,18)(H,19,20)/b9-7+/t14-/m0/s1. The average molecular weight is 322 g/mol. The third-order valence-corrected chi connectivity index (χ3v) is 3.86. The van der Waals surface area contributed by atoms with Crippen molar-refractivity contribution in [3.63, 3.8) is 0 Å². The minimum atomic E-state index is -1.11. The van der Waals surface area contributed by atoms with E-state index in [1.54, 1.807) is 48.5 Å². The topological polar surface area (TPSA) is 66.4 Å². The van der Waals surface area contributed by atoms with Crippen molar-refractivity contribution in [3.8, 4) is 0 Å². The molecule has 1 aromatic carbocycles. The van der Waals surface area contributed by atoms with Crippen LogP contribution in [0.2, 0.25) is 4.34 Å². The molecule has 0 radical (unpaired) electrons. The molecular formula is C15H12ClNO3S. The third-order valence-electron chi connectivity index (χ3n) is 2.66. The molecule has 2 aromatic rings. The van der Waals surface area contributed by atoms with Gasteiger partial charge in [0.1, 0.15) is 0 Å². The van der Waals surface area contributed by atoms with Crippen LogP contribution in [0.15, 0.2) is 48.5 Å². The van der Waals surface area contributed by atoms with Crippen molar-refractivity contribution in [1.82, 2.24) is 5.32 Å². The van der Waals surface area contributed by atoms with Gasteiger partial charge < -0.3 is 10.4 Å². The smallest absolute Gasteiger partial charge is 0.330 e. The fourth-order valence-corrected chi connectivity index (χ4v) is 2.66. The van der Waals surface area contributed by atoms with Crippen LogP contribution in [0.1, 0.15) is 16.5 Å². The van der Waals surface area contributed by atoms with Crippen LogP contribution in [0.5, 0.6) is 0 Å². The van der Waals surface area contributed by atoms with E-state index >= 15 is 0 Å². The van der Waals surface area contributed by atoms with Crippen LogP contribution in [-0.2, 0) is 9.59 Å². The largest absolute Gasteiger partial charge is 0.479 e. The van der Waals surface area contributed by atoms with Crippen molar-refractivity contribution in [3.05, 3.63) is 63.3 Å². The summed E-state index contributed by atoms with van der Waals surface area (Å²) in [5.41, 5.74) is 0.519. The molecule has 1 amide bonds. The number of carbonyl (C=O) groups excluding carboxylic acids is 1. The summed E-state index contributed by atoms with van der Waals surface area (Å²) in [5, 5.41) is 11.7. The first-order valence-corrected chi connectivity index (χ1v) is 7.27. The highest BCUT2D eigenvalue weighted by molar-refractivity contribution is 7.17. The van der Waals surface area contributed by atoms with Crippen LogP contribution in [-0.4, -0.2) is 17.0 Å². The highest BCUT2D eigenvalue weighted by Crippen LogP contribution is 2.22. The van der Waals surface area contributed by atoms with Gasteiger partial charge in [-0.15, -0.1) is 11.3 Å². The third kappa shape index (κ3) is 4.44. The Kier molecular flexibility index (Phi) is 5.14. The Balaban J connectivity index is 2.05. The van der Waals surface area contributed by atoms with E-state index in [2.05, 4.69) is 5.32 Å². The first-order chi connectivity index (χ1) is 10.1. The molecule has 1 atom stereocenters. The Morgan fingerprint density at radius 2 is 1.90 bits per heavy atom. The number of amides is 1. The van der Waals surface area contributed by atoms with Gasteiger partial charge in [-0.05, 0) is 23.8 Å². The second-order valence-electron chi connectivity index (χ2n) is 4.17. The minimum Gasteiger partial charge on any atom is -0.479 e. The summed E-state index contributed by atoms with van der Waals surface area (Å²) in [6, 6.07) is 11.0. The van der Waals surface area contributed by atoms with E-state index in [9.17, 15) is 14.7 Å². The zero-order chi connectivity index (χ0) is 15.2. The molecule has 0 saturated heterocycles. The Morgan fingerprint density at radius 3 is 2.48 bits per heavy atom. The van der Waals surface area contributed by atoms with Crippen molar-refractivity contribution in [2.24, 2.45) is 0 Å². The van der Waals surface area contributed by atoms with Crippen LogP contribution in [0, 0.1) is 0 Å². The second-order valence-corrected chi connectivity index (χ2v) is 5.91. The first kappa shape index (κ1) is 15.3. The van der Waals surface area contributed by atoms with Crippen molar-refractivity contribution in [2.75, 3.05) is 0 Å². The fraction of sp³-hybridized carbons (Fsp3) is 0.0667. The SMILES string of the molecule is O=C(/C=C/c1ccc(Cl)s1)N[C@H](C(=O)O)c1ccccc1. The number of carbonyl (C=O) groups is 2. The molecule has 0 spiro atoms.